The van der Waals surface area contributed by atoms with Crippen molar-refractivity contribution in [2.24, 2.45) is 0 Å². The molecule has 1 aromatic rings. The molecule has 1 N–H and O–H groups in total. The van der Waals surface area contributed by atoms with Crippen LogP contribution in [0.3, 0.4) is 0 Å². The van der Waals surface area contributed by atoms with Crippen molar-refractivity contribution in [1.29, 1.82) is 0 Å². The molecular weight excluding hydrogens is 240 g/mol. The summed E-state index contributed by atoms with van der Waals surface area (Å²) in [7, 11) is 1.84. The largest absolute Gasteiger partial charge is 0.480 e. The van der Waals surface area contributed by atoms with E-state index in [0.717, 1.165) is 18.8 Å². The van der Waals surface area contributed by atoms with E-state index in [0.29, 0.717) is 11.6 Å². The minimum absolute atomic E-state index is 0.468. The summed E-state index contributed by atoms with van der Waals surface area (Å²) in [5.41, 5.74) is 0.911. The predicted molar refractivity (Wildman–Crippen MR) is 67.7 cm³/mol. The Labute approximate surface area is 105 Å². The Morgan fingerprint density at radius 1 is 1.41 bits per heavy atom. The van der Waals surface area contributed by atoms with Crippen molar-refractivity contribution in [2.75, 3.05) is 31.6 Å². The average Bonchev–Trinajstić information content (AvgIpc) is 2.30. The van der Waals surface area contributed by atoms with E-state index in [1.807, 2.05) is 41.1 Å². The lowest BCUT2D eigenvalue weighted by Crippen LogP contribution is -2.55. The van der Waals surface area contributed by atoms with Gasteiger partial charge >= 0.3 is 5.97 Å². The van der Waals surface area contributed by atoms with Gasteiger partial charge in [-0.15, -0.1) is 0 Å². The second-order valence-corrected chi connectivity index (χ2v) is 4.64. The molecule has 1 aliphatic rings. The van der Waals surface area contributed by atoms with Gasteiger partial charge < -0.3 is 10.0 Å². The molecule has 1 saturated heterocycles. The molecule has 1 heterocycles. The molecule has 0 spiro atoms. The fourth-order valence-corrected chi connectivity index (χ4v) is 2.32. The van der Waals surface area contributed by atoms with Crippen LogP contribution in [-0.2, 0) is 4.79 Å². The molecule has 1 aliphatic heterocycles. The highest BCUT2D eigenvalue weighted by atomic mass is 35.5. The maximum atomic E-state index is 11.1. The Kier molecular flexibility index (Phi) is 3.54. The lowest BCUT2D eigenvalue weighted by Gasteiger charge is -2.38. The second kappa shape index (κ2) is 4.94. The van der Waals surface area contributed by atoms with Crippen LogP contribution in [0.5, 0.6) is 0 Å². The maximum Gasteiger partial charge on any atom is 0.322 e. The van der Waals surface area contributed by atoms with Crippen LogP contribution in [0.25, 0.3) is 0 Å². The van der Waals surface area contributed by atoms with Crippen LogP contribution in [0.2, 0.25) is 5.02 Å². The summed E-state index contributed by atoms with van der Waals surface area (Å²) in [6, 6.07) is 7.06. The van der Waals surface area contributed by atoms with Gasteiger partial charge in [0.2, 0.25) is 0 Å². The van der Waals surface area contributed by atoms with E-state index in [2.05, 4.69) is 0 Å². The predicted octanol–water partition coefficient (Wildman–Crippen LogP) is 1.54. The summed E-state index contributed by atoms with van der Waals surface area (Å²) in [5, 5.41) is 9.81. The van der Waals surface area contributed by atoms with E-state index in [1.54, 1.807) is 0 Å². The van der Waals surface area contributed by atoms with Crippen molar-refractivity contribution in [3.05, 3.63) is 29.3 Å². The van der Waals surface area contributed by atoms with Crippen LogP contribution in [0, 0.1) is 0 Å². The number of piperazine rings is 1. The first-order valence-electron chi connectivity index (χ1n) is 5.52. The highest BCUT2D eigenvalue weighted by Crippen LogP contribution is 2.26. The number of carbonyl (C=O) groups is 1. The summed E-state index contributed by atoms with van der Waals surface area (Å²) in [6.07, 6.45) is 0. The normalized spacial score (nSPS) is 21.5. The zero-order valence-electron chi connectivity index (χ0n) is 9.64. The number of hydrogen-bond donors (Lipinski definition) is 1. The summed E-state index contributed by atoms with van der Waals surface area (Å²) in [4.78, 5) is 15.0. The van der Waals surface area contributed by atoms with Crippen LogP contribution in [-0.4, -0.2) is 48.7 Å². The van der Waals surface area contributed by atoms with Gasteiger partial charge in [-0.05, 0) is 19.2 Å². The zero-order valence-corrected chi connectivity index (χ0v) is 10.4. The summed E-state index contributed by atoms with van der Waals surface area (Å²) in [5.74, 6) is -0.788. The first-order valence-corrected chi connectivity index (χ1v) is 5.90. The number of carboxylic acid groups (broad SMARTS) is 1. The van der Waals surface area contributed by atoms with Crippen molar-refractivity contribution < 1.29 is 9.90 Å². The molecule has 2 rings (SSSR count). The molecule has 1 aromatic carbocycles. The SMILES string of the molecule is CN1CCN(c2ccccc2Cl)CC1C(=O)O. The van der Waals surface area contributed by atoms with Crippen molar-refractivity contribution in [3.63, 3.8) is 0 Å². The molecule has 4 nitrogen and oxygen atoms in total. The number of para-hydroxylation sites is 1. The van der Waals surface area contributed by atoms with Crippen molar-refractivity contribution in [3.8, 4) is 0 Å². The fourth-order valence-electron chi connectivity index (χ4n) is 2.07. The van der Waals surface area contributed by atoms with Gasteiger partial charge in [-0.2, -0.15) is 0 Å². The fraction of sp³-hybridized carbons (Fsp3) is 0.417. The Morgan fingerprint density at radius 3 is 2.76 bits per heavy atom. The Hall–Kier alpha value is -1.26. The molecule has 0 amide bonds. The first-order chi connectivity index (χ1) is 8.09. The van der Waals surface area contributed by atoms with Crippen molar-refractivity contribution in [1.82, 2.24) is 4.90 Å². The molecule has 17 heavy (non-hydrogen) atoms. The van der Waals surface area contributed by atoms with Gasteiger partial charge in [0.15, 0.2) is 0 Å². The molecule has 92 valence electrons. The second-order valence-electron chi connectivity index (χ2n) is 4.23. The van der Waals surface area contributed by atoms with Crippen LogP contribution in [0.15, 0.2) is 24.3 Å². The Bertz CT molecular complexity index is 425. The van der Waals surface area contributed by atoms with Crippen LogP contribution >= 0.6 is 11.6 Å². The highest BCUT2D eigenvalue weighted by molar-refractivity contribution is 6.33. The number of anilines is 1. The number of carboxylic acids is 1. The Morgan fingerprint density at radius 2 is 2.12 bits per heavy atom. The van der Waals surface area contributed by atoms with Gasteiger partial charge in [0.1, 0.15) is 6.04 Å². The first kappa shape index (κ1) is 12.2. The van der Waals surface area contributed by atoms with Gasteiger partial charge in [0.05, 0.1) is 10.7 Å². The molecular formula is C12H15ClN2O2. The minimum atomic E-state index is -0.788. The van der Waals surface area contributed by atoms with E-state index < -0.39 is 12.0 Å². The maximum absolute atomic E-state index is 11.1. The smallest absolute Gasteiger partial charge is 0.322 e. The molecule has 0 aliphatic carbocycles. The van der Waals surface area contributed by atoms with E-state index in [4.69, 9.17) is 16.7 Å². The van der Waals surface area contributed by atoms with E-state index >= 15 is 0 Å². The number of halogens is 1. The third kappa shape index (κ3) is 2.53. The Balaban J connectivity index is 2.19. The molecule has 1 atom stereocenters. The molecule has 0 aromatic heterocycles. The van der Waals surface area contributed by atoms with Gasteiger partial charge in [-0.1, -0.05) is 23.7 Å². The zero-order chi connectivity index (χ0) is 12.4. The molecule has 0 radical (unpaired) electrons. The van der Waals surface area contributed by atoms with Crippen LogP contribution in [0.1, 0.15) is 0 Å². The van der Waals surface area contributed by atoms with E-state index in [-0.39, 0.29) is 0 Å². The third-order valence-electron chi connectivity index (χ3n) is 3.13. The van der Waals surface area contributed by atoms with Crippen molar-refractivity contribution in [2.45, 2.75) is 6.04 Å². The molecule has 0 saturated carbocycles. The molecule has 5 heteroatoms. The van der Waals surface area contributed by atoms with E-state index in [9.17, 15) is 4.79 Å². The van der Waals surface area contributed by atoms with Gasteiger partial charge in [0.25, 0.3) is 0 Å². The standard InChI is InChI=1S/C12H15ClN2O2/c1-14-6-7-15(8-11(14)12(16)17)10-5-3-2-4-9(10)13/h2-5,11H,6-8H2,1H3,(H,16,17). The van der Waals surface area contributed by atoms with Crippen molar-refractivity contribution >= 4 is 23.3 Å². The quantitative estimate of drug-likeness (QED) is 0.870. The number of rotatable bonds is 2. The topological polar surface area (TPSA) is 43.8 Å². The molecule has 0 bridgehead atoms. The van der Waals surface area contributed by atoms with Crippen LogP contribution in [0.4, 0.5) is 5.69 Å². The van der Waals surface area contributed by atoms with E-state index in [1.165, 1.54) is 0 Å². The number of aliphatic carboxylic acids is 1. The lowest BCUT2D eigenvalue weighted by atomic mass is 10.1. The van der Waals surface area contributed by atoms with Gasteiger partial charge in [-0.3, -0.25) is 9.69 Å². The number of nitrogens with zero attached hydrogens (tertiary/aromatic N) is 2. The lowest BCUT2D eigenvalue weighted by molar-refractivity contribution is -0.142. The average molecular weight is 255 g/mol. The van der Waals surface area contributed by atoms with Gasteiger partial charge in [-0.25, -0.2) is 0 Å². The third-order valence-corrected chi connectivity index (χ3v) is 3.45. The molecule has 1 unspecified atom stereocenters. The summed E-state index contributed by atoms with van der Waals surface area (Å²) >= 11 is 6.12. The molecule has 1 fully saturated rings. The highest BCUT2D eigenvalue weighted by Gasteiger charge is 2.30. The summed E-state index contributed by atoms with van der Waals surface area (Å²) < 4.78 is 0. The minimum Gasteiger partial charge on any atom is -0.480 e. The number of hydrogen-bond acceptors (Lipinski definition) is 3. The van der Waals surface area contributed by atoms with Gasteiger partial charge in [0, 0.05) is 19.6 Å². The number of likely N-dealkylation sites (N-methyl/N-ethyl adjacent to an activating group) is 1. The monoisotopic (exact) mass is 254 g/mol. The summed E-state index contributed by atoms with van der Waals surface area (Å²) in [6.45, 7) is 1.99. The number of benzene rings is 1. The van der Waals surface area contributed by atoms with Crippen LogP contribution < -0.4 is 4.90 Å².